The Hall–Kier alpha value is -1.14. The first kappa shape index (κ1) is 14.9. The fourth-order valence-corrected chi connectivity index (χ4v) is 2.38. The zero-order valence-electron chi connectivity index (χ0n) is 10.8. The van der Waals surface area contributed by atoms with E-state index in [1.807, 2.05) is 0 Å². The van der Waals surface area contributed by atoms with Crippen LogP contribution >= 0.6 is 0 Å². The largest absolute Gasteiger partial charge is 0.493 e. The highest BCUT2D eigenvalue weighted by Crippen LogP contribution is 2.36. The monoisotopic (exact) mass is 276 g/mol. The average Bonchev–Trinajstić information content (AvgIpc) is 2.26. The first-order valence-electron chi connectivity index (χ1n) is 5.33. The smallest absolute Gasteiger partial charge is 0.183 e. The SMILES string of the molecule is COc1c(C(C)(C)CO)ccc(S(C)(=O)=O)c1F. The first-order valence-corrected chi connectivity index (χ1v) is 7.22. The summed E-state index contributed by atoms with van der Waals surface area (Å²) in [5.41, 5.74) is -0.292. The van der Waals surface area contributed by atoms with Crippen LogP contribution in [0.5, 0.6) is 5.75 Å². The van der Waals surface area contributed by atoms with Crippen LogP contribution < -0.4 is 4.74 Å². The molecule has 0 unspecified atom stereocenters. The number of sulfone groups is 1. The molecule has 18 heavy (non-hydrogen) atoms. The first-order chi connectivity index (χ1) is 8.15. The Kier molecular flexibility index (Phi) is 4.02. The lowest BCUT2D eigenvalue weighted by atomic mass is 9.85. The Morgan fingerprint density at radius 3 is 2.33 bits per heavy atom. The van der Waals surface area contributed by atoms with Gasteiger partial charge in [0.25, 0.3) is 0 Å². The summed E-state index contributed by atoms with van der Waals surface area (Å²) >= 11 is 0. The van der Waals surface area contributed by atoms with E-state index in [9.17, 15) is 17.9 Å². The molecule has 0 aromatic heterocycles. The summed E-state index contributed by atoms with van der Waals surface area (Å²) in [4.78, 5) is -0.406. The van der Waals surface area contributed by atoms with Crippen molar-refractivity contribution < 1.29 is 22.7 Å². The van der Waals surface area contributed by atoms with Crippen molar-refractivity contribution in [3.05, 3.63) is 23.5 Å². The summed E-state index contributed by atoms with van der Waals surface area (Å²) in [6.07, 6.45) is 0.932. The van der Waals surface area contributed by atoms with E-state index in [0.29, 0.717) is 5.56 Å². The molecule has 0 aliphatic rings. The number of methoxy groups -OCH3 is 1. The zero-order chi connectivity index (χ0) is 14.1. The molecule has 0 spiro atoms. The van der Waals surface area contributed by atoms with Crippen LogP contribution in [0.4, 0.5) is 4.39 Å². The number of ether oxygens (including phenoxy) is 1. The quantitative estimate of drug-likeness (QED) is 0.905. The third-order valence-corrected chi connectivity index (χ3v) is 3.90. The predicted molar refractivity (Wildman–Crippen MR) is 66.2 cm³/mol. The summed E-state index contributed by atoms with van der Waals surface area (Å²) in [6.45, 7) is 3.22. The van der Waals surface area contributed by atoms with E-state index in [1.165, 1.54) is 19.2 Å². The van der Waals surface area contributed by atoms with Gasteiger partial charge in [0.15, 0.2) is 21.4 Å². The topological polar surface area (TPSA) is 63.6 Å². The van der Waals surface area contributed by atoms with Crippen molar-refractivity contribution in [1.82, 2.24) is 0 Å². The van der Waals surface area contributed by atoms with Gasteiger partial charge in [0, 0.05) is 17.2 Å². The molecule has 0 amide bonds. The summed E-state index contributed by atoms with van der Waals surface area (Å²) < 4.78 is 41.9. The molecule has 1 N–H and O–H groups in total. The molecule has 6 heteroatoms. The molecule has 102 valence electrons. The fraction of sp³-hybridized carbons (Fsp3) is 0.500. The lowest BCUT2D eigenvalue weighted by Crippen LogP contribution is -2.23. The van der Waals surface area contributed by atoms with Gasteiger partial charge in [0.05, 0.1) is 13.7 Å². The standard InChI is InChI=1S/C12H17FO4S/c1-12(2,7-14)8-5-6-9(18(4,15)16)10(13)11(8)17-3/h5-6,14H,7H2,1-4H3. The number of rotatable bonds is 4. The maximum atomic E-state index is 14.1. The summed E-state index contributed by atoms with van der Waals surface area (Å²) in [6, 6.07) is 2.66. The van der Waals surface area contributed by atoms with Gasteiger partial charge in [-0.3, -0.25) is 0 Å². The van der Waals surface area contributed by atoms with Crippen molar-refractivity contribution in [2.75, 3.05) is 20.0 Å². The Labute approximate surface area is 106 Å². The molecule has 0 saturated carbocycles. The van der Waals surface area contributed by atoms with E-state index in [2.05, 4.69) is 0 Å². The van der Waals surface area contributed by atoms with Crippen molar-refractivity contribution in [1.29, 1.82) is 0 Å². The lowest BCUT2D eigenvalue weighted by Gasteiger charge is -2.25. The Bertz CT molecular complexity index is 549. The molecule has 0 aliphatic carbocycles. The Balaban J connectivity index is 3.58. The van der Waals surface area contributed by atoms with E-state index < -0.39 is 26.0 Å². The van der Waals surface area contributed by atoms with Gasteiger partial charge in [-0.1, -0.05) is 19.9 Å². The molecule has 0 radical (unpaired) electrons. The van der Waals surface area contributed by atoms with E-state index in [4.69, 9.17) is 4.74 Å². The van der Waals surface area contributed by atoms with Crippen molar-refractivity contribution in [2.24, 2.45) is 0 Å². The number of aliphatic hydroxyl groups is 1. The Morgan fingerprint density at radius 2 is 1.94 bits per heavy atom. The van der Waals surface area contributed by atoms with Crippen LogP contribution in [-0.2, 0) is 15.3 Å². The van der Waals surface area contributed by atoms with Crippen molar-refractivity contribution in [3.63, 3.8) is 0 Å². The fourth-order valence-electron chi connectivity index (χ4n) is 1.64. The zero-order valence-corrected chi connectivity index (χ0v) is 11.6. The van der Waals surface area contributed by atoms with Crippen LogP contribution in [0, 0.1) is 5.82 Å². The van der Waals surface area contributed by atoms with Crippen molar-refractivity contribution >= 4 is 9.84 Å². The van der Waals surface area contributed by atoms with Crippen LogP contribution in [0.1, 0.15) is 19.4 Å². The molecule has 1 rings (SSSR count). The number of aliphatic hydroxyl groups excluding tert-OH is 1. The highest BCUT2D eigenvalue weighted by atomic mass is 32.2. The number of benzene rings is 1. The highest BCUT2D eigenvalue weighted by Gasteiger charge is 2.28. The van der Waals surface area contributed by atoms with Crippen LogP contribution in [0.2, 0.25) is 0 Å². The lowest BCUT2D eigenvalue weighted by molar-refractivity contribution is 0.213. The summed E-state index contributed by atoms with van der Waals surface area (Å²) in [5, 5.41) is 9.29. The second-order valence-corrected chi connectivity index (χ2v) is 6.76. The van der Waals surface area contributed by atoms with E-state index in [-0.39, 0.29) is 12.4 Å². The maximum absolute atomic E-state index is 14.1. The second-order valence-electron chi connectivity index (χ2n) is 4.77. The van der Waals surface area contributed by atoms with E-state index in [0.717, 1.165) is 6.26 Å². The second kappa shape index (κ2) is 4.85. The minimum absolute atomic E-state index is 0.142. The van der Waals surface area contributed by atoms with Crippen LogP contribution in [0.25, 0.3) is 0 Å². The minimum atomic E-state index is -3.65. The van der Waals surface area contributed by atoms with Gasteiger partial charge in [0.2, 0.25) is 0 Å². The molecule has 0 aliphatic heterocycles. The van der Waals surface area contributed by atoms with Gasteiger partial charge in [-0.2, -0.15) is 0 Å². The predicted octanol–water partition coefficient (Wildman–Crippen LogP) is 1.51. The highest BCUT2D eigenvalue weighted by molar-refractivity contribution is 7.90. The van der Waals surface area contributed by atoms with Gasteiger partial charge in [-0.15, -0.1) is 0 Å². The number of hydrogen-bond donors (Lipinski definition) is 1. The average molecular weight is 276 g/mol. The third-order valence-electron chi connectivity index (χ3n) is 2.79. The summed E-state index contributed by atoms with van der Waals surface area (Å²) in [5.74, 6) is -1.06. The van der Waals surface area contributed by atoms with Crippen molar-refractivity contribution in [2.45, 2.75) is 24.2 Å². The molecular formula is C12H17FO4S. The van der Waals surface area contributed by atoms with Crippen LogP contribution in [-0.4, -0.2) is 33.5 Å². The molecule has 0 saturated heterocycles. The van der Waals surface area contributed by atoms with E-state index in [1.54, 1.807) is 13.8 Å². The molecule has 1 aromatic carbocycles. The van der Waals surface area contributed by atoms with Gasteiger partial charge in [-0.25, -0.2) is 12.8 Å². The van der Waals surface area contributed by atoms with Crippen molar-refractivity contribution in [3.8, 4) is 5.75 Å². The minimum Gasteiger partial charge on any atom is -0.493 e. The van der Waals surface area contributed by atoms with Gasteiger partial charge in [-0.05, 0) is 6.07 Å². The van der Waals surface area contributed by atoms with Gasteiger partial charge in [0.1, 0.15) is 4.90 Å². The molecular weight excluding hydrogens is 259 g/mol. The summed E-state index contributed by atoms with van der Waals surface area (Å²) in [7, 11) is -2.39. The normalized spacial score (nSPS) is 12.6. The molecule has 0 fully saturated rings. The molecule has 0 heterocycles. The molecule has 0 atom stereocenters. The molecule has 1 aromatic rings. The Morgan fingerprint density at radius 1 is 1.39 bits per heavy atom. The van der Waals surface area contributed by atoms with Gasteiger partial charge < -0.3 is 9.84 Å². The van der Waals surface area contributed by atoms with Crippen LogP contribution in [0.15, 0.2) is 17.0 Å². The number of hydrogen-bond acceptors (Lipinski definition) is 4. The van der Waals surface area contributed by atoms with E-state index >= 15 is 0 Å². The number of halogens is 1. The molecule has 4 nitrogen and oxygen atoms in total. The van der Waals surface area contributed by atoms with Crippen LogP contribution in [0.3, 0.4) is 0 Å². The van der Waals surface area contributed by atoms with Gasteiger partial charge >= 0.3 is 0 Å². The maximum Gasteiger partial charge on any atom is 0.183 e. The molecule has 0 bridgehead atoms. The third kappa shape index (κ3) is 2.64.